The van der Waals surface area contributed by atoms with Crippen molar-refractivity contribution in [2.45, 2.75) is 51.6 Å². The van der Waals surface area contributed by atoms with Gasteiger partial charge in [0, 0.05) is 55.4 Å². The second-order valence-corrected chi connectivity index (χ2v) is 10.1. The first-order valence-electron chi connectivity index (χ1n) is 12.7. The number of nitrogens with zero attached hydrogens (tertiary/aromatic N) is 1. The molecule has 9 heteroatoms. The summed E-state index contributed by atoms with van der Waals surface area (Å²) < 4.78 is 14.0. The van der Waals surface area contributed by atoms with Crippen LogP contribution in [0.25, 0.3) is 10.9 Å². The number of hydrogen-bond donors (Lipinski definition) is 3. The van der Waals surface area contributed by atoms with Crippen molar-refractivity contribution >= 4 is 34.5 Å². The molecule has 3 N–H and O–H groups in total. The number of aliphatic carboxylic acids is 1. The fraction of sp³-hybridized carbons (Fsp3) is 0.379. The van der Waals surface area contributed by atoms with E-state index >= 15 is 0 Å². The summed E-state index contributed by atoms with van der Waals surface area (Å²) in [6.45, 7) is 2.10. The predicted molar refractivity (Wildman–Crippen MR) is 140 cm³/mol. The zero-order chi connectivity index (χ0) is 27.4. The van der Waals surface area contributed by atoms with Gasteiger partial charge in [0.15, 0.2) is 0 Å². The summed E-state index contributed by atoms with van der Waals surface area (Å²) in [5, 5.41) is 13.3. The average molecular weight is 522 g/mol. The average Bonchev–Trinajstić information content (AvgIpc) is 3.27. The quantitative estimate of drug-likeness (QED) is 0.486. The Morgan fingerprint density at radius 2 is 1.87 bits per heavy atom. The molecule has 1 aliphatic heterocycles. The molecule has 0 spiro atoms. The minimum Gasteiger partial charge on any atom is -0.480 e. The molecule has 200 valence electrons. The van der Waals surface area contributed by atoms with E-state index in [1.165, 1.54) is 19.2 Å². The van der Waals surface area contributed by atoms with Crippen LogP contribution in [-0.2, 0) is 38.6 Å². The molecule has 0 unspecified atom stereocenters. The van der Waals surface area contributed by atoms with Gasteiger partial charge in [-0.25, -0.2) is 9.18 Å². The Labute approximate surface area is 220 Å². The molecule has 2 heterocycles. The largest absolute Gasteiger partial charge is 0.480 e. The zero-order valence-corrected chi connectivity index (χ0v) is 21.5. The second-order valence-electron chi connectivity index (χ2n) is 10.1. The van der Waals surface area contributed by atoms with Gasteiger partial charge in [-0.2, -0.15) is 0 Å². The maximum absolute atomic E-state index is 14.0. The summed E-state index contributed by atoms with van der Waals surface area (Å²) in [5.41, 5.74) is 3.20. The maximum Gasteiger partial charge on any atom is 0.326 e. The SMILES string of the molecule is C[C@H]1Cc2cccc(c2)CNC(=O)CC[C@@H](C(=O)O)N(C)C(=O)[C@H](Cc2c[nH]c3ccc(F)cc23)CC1=O. The van der Waals surface area contributed by atoms with Gasteiger partial charge >= 0.3 is 5.97 Å². The molecular formula is C29H32FN3O5. The zero-order valence-electron chi connectivity index (χ0n) is 21.5. The molecular weight excluding hydrogens is 489 g/mol. The van der Waals surface area contributed by atoms with E-state index in [1.807, 2.05) is 31.2 Å². The van der Waals surface area contributed by atoms with Gasteiger partial charge in [0.05, 0.1) is 0 Å². The molecule has 8 nitrogen and oxygen atoms in total. The highest BCUT2D eigenvalue weighted by Gasteiger charge is 2.34. The van der Waals surface area contributed by atoms with Crippen molar-refractivity contribution in [1.29, 1.82) is 0 Å². The minimum absolute atomic E-state index is 0.0706. The highest BCUT2D eigenvalue weighted by atomic mass is 19.1. The molecule has 0 saturated heterocycles. The Bertz CT molecular complexity index is 1370. The molecule has 2 bridgehead atoms. The second kappa shape index (κ2) is 11.6. The third-order valence-electron chi connectivity index (χ3n) is 7.31. The molecule has 3 aromatic rings. The number of Topliss-reactive ketones (excluding diaryl/α,β-unsaturated/α-hetero) is 1. The van der Waals surface area contributed by atoms with E-state index in [4.69, 9.17) is 0 Å². The maximum atomic E-state index is 14.0. The molecule has 4 rings (SSSR count). The number of aromatic nitrogens is 1. The molecule has 2 amide bonds. The number of H-pyrrole nitrogens is 1. The summed E-state index contributed by atoms with van der Waals surface area (Å²) >= 11 is 0. The molecule has 2 aromatic carbocycles. The summed E-state index contributed by atoms with van der Waals surface area (Å²) in [7, 11) is 1.39. The van der Waals surface area contributed by atoms with E-state index in [1.54, 1.807) is 12.3 Å². The van der Waals surface area contributed by atoms with Gasteiger partial charge in [-0.15, -0.1) is 0 Å². The Morgan fingerprint density at radius 3 is 2.63 bits per heavy atom. The van der Waals surface area contributed by atoms with E-state index in [0.717, 1.165) is 16.0 Å². The number of carboxylic acids is 1. The van der Waals surface area contributed by atoms with Crippen LogP contribution in [0.4, 0.5) is 4.39 Å². The number of hydrogen-bond acceptors (Lipinski definition) is 4. The summed E-state index contributed by atoms with van der Waals surface area (Å²) in [6.07, 6.45) is 2.06. The van der Waals surface area contributed by atoms with Gasteiger partial charge < -0.3 is 20.3 Å². The molecule has 1 aliphatic rings. The van der Waals surface area contributed by atoms with E-state index in [2.05, 4.69) is 10.3 Å². The van der Waals surface area contributed by atoms with Crippen LogP contribution in [0.15, 0.2) is 48.7 Å². The van der Waals surface area contributed by atoms with Crippen LogP contribution < -0.4 is 5.32 Å². The van der Waals surface area contributed by atoms with Gasteiger partial charge in [-0.05, 0) is 54.2 Å². The summed E-state index contributed by atoms with van der Waals surface area (Å²) in [6, 6.07) is 10.7. The van der Waals surface area contributed by atoms with Gasteiger partial charge in [0.2, 0.25) is 11.8 Å². The summed E-state index contributed by atoms with van der Waals surface area (Å²) in [4.78, 5) is 55.8. The normalized spacial score (nSPS) is 21.9. The van der Waals surface area contributed by atoms with Gasteiger partial charge in [0.25, 0.3) is 0 Å². The first kappa shape index (κ1) is 27.0. The van der Waals surface area contributed by atoms with Crippen LogP contribution in [-0.4, -0.2) is 51.6 Å². The lowest BCUT2D eigenvalue weighted by Crippen LogP contribution is -2.46. The number of carbonyl (C=O) groups is 4. The number of rotatable bonds is 3. The van der Waals surface area contributed by atoms with E-state index in [-0.39, 0.29) is 49.8 Å². The van der Waals surface area contributed by atoms with Gasteiger partial charge in [-0.1, -0.05) is 31.2 Å². The highest BCUT2D eigenvalue weighted by molar-refractivity contribution is 5.91. The van der Waals surface area contributed by atoms with Crippen LogP contribution in [0.3, 0.4) is 0 Å². The number of nitrogens with one attached hydrogen (secondary N) is 2. The molecule has 1 aromatic heterocycles. The third-order valence-corrected chi connectivity index (χ3v) is 7.31. The van der Waals surface area contributed by atoms with E-state index in [0.29, 0.717) is 22.9 Å². The number of benzene rings is 2. The number of carboxylic acid groups (broad SMARTS) is 1. The molecule has 3 atom stereocenters. The first-order valence-corrected chi connectivity index (χ1v) is 12.7. The highest BCUT2D eigenvalue weighted by Crippen LogP contribution is 2.26. The van der Waals surface area contributed by atoms with Crippen molar-refractivity contribution in [3.8, 4) is 0 Å². The Kier molecular flexibility index (Phi) is 8.24. The number of halogens is 1. The van der Waals surface area contributed by atoms with Crippen molar-refractivity contribution in [3.63, 3.8) is 0 Å². The smallest absolute Gasteiger partial charge is 0.326 e. The first-order chi connectivity index (χ1) is 18.1. The summed E-state index contributed by atoms with van der Waals surface area (Å²) in [5.74, 6) is -3.81. The molecule has 38 heavy (non-hydrogen) atoms. The van der Waals surface area contributed by atoms with Crippen LogP contribution >= 0.6 is 0 Å². The number of amides is 2. The lowest BCUT2D eigenvalue weighted by Gasteiger charge is -2.29. The lowest BCUT2D eigenvalue weighted by atomic mass is 9.86. The van der Waals surface area contributed by atoms with E-state index < -0.39 is 29.7 Å². The number of likely N-dealkylation sites (N-methyl/N-ethyl adjacent to an activating group) is 1. The van der Waals surface area contributed by atoms with E-state index in [9.17, 15) is 28.7 Å². The van der Waals surface area contributed by atoms with Crippen LogP contribution in [0.2, 0.25) is 0 Å². The third kappa shape index (κ3) is 6.27. The van der Waals surface area contributed by atoms with Crippen molar-refractivity contribution in [1.82, 2.24) is 15.2 Å². The topological polar surface area (TPSA) is 120 Å². The Balaban J connectivity index is 1.68. The fourth-order valence-electron chi connectivity index (χ4n) is 5.09. The van der Waals surface area contributed by atoms with Crippen LogP contribution in [0.1, 0.15) is 42.9 Å². The number of carbonyl (C=O) groups excluding carboxylic acids is 3. The minimum atomic E-state index is -1.24. The predicted octanol–water partition coefficient (Wildman–Crippen LogP) is 3.63. The van der Waals surface area contributed by atoms with Crippen molar-refractivity contribution in [3.05, 3.63) is 71.2 Å². The van der Waals surface area contributed by atoms with Gasteiger partial charge in [-0.3, -0.25) is 14.4 Å². The Morgan fingerprint density at radius 1 is 1.11 bits per heavy atom. The number of aromatic amines is 1. The number of fused-ring (bicyclic) bond motifs is 3. The molecule has 0 fully saturated rings. The molecule has 0 saturated carbocycles. The molecule has 0 radical (unpaired) electrons. The number of ketones is 1. The standard InChI is InChI=1S/C29H32FN3O5/c1-17-10-18-4-3-5-19(11-18)15-32-27(35)9-8-25(29(37)38)33(2)28(36)20(13-26(17)34)12-21-16-31-24-7-6-22(30)14-23(21)24/h3-7,11,14,16-17,20,25,31H,8-10,12-13,15H2,1-2H3,(H,32,35)(H,37,38)/t17-,20+,25-/m0/s1. The van der Waals surface area contributed by atoms with Crippen molar-refractivity contribution in [2.24, 2.45) is 11.8 Å². The van der Waals surface area contributed by atoms with Crippen molar-refractivity contribution < 1.29 is 28.7 Å². The van der Waals surface area contributed by atoms with Crippen LogP contribution in [0.5, 0.6) is 0 Å². The fourth-order valence-corrected chi connectivity index (χ4v) is 5.09. The van der Waals surface area contributed by atoms with Crippen molar-refractivity contribution in [2.75, 3.05) is 7.05 Å². The molecule has 0 aliphatic carbocycles. The Hall–Kier alpha value is -4.01. The lowest BCUT2D eigenvalue weighted by molar-refractivity contribution is -0.151. The van der Waals surface area contributed by atoms with Crippen LogP contribution in [0, 0.1) is 17.7 Å². The monoisotopic (exact) mass is 521 g/mol. The van der Waals surface area contributed by atoms with Gasteiger partial charge in [0.1, 0.15) is 17.6 Å².